The normalized spacial score (nSPS) is 16.8. The molecule has 1 fully saturated rings. The third kappa shape index (κ3) is 4.75. The van der Waals surface area contributed by atoms with Crippen molar-refractivity contribution in [1.82, 2.24) is 4.98 Å². The van der Waals surface area contributed by atoms with E-state index in [0.29, 0.717) is 33.3 Å². The van der Waals surface area contributed by atoms with Crippen molar-refractivity contribution in [2.45, 2.75) is 23.8 Å². The highest BCUT2D eigenvalue weighted by molar-refractivity contribution is 7.90. The van der Waals surface area contributed by atoms with Crippen LogP contribution in [-0.4, -0.2) is 44.9 Å². The van der Waals surface area contributed by atoms with Gasteiger partial charge < -0.3 is 9.47 Å². The molecule has 3 aromatic rings. The van der Waals surface area contributed by atoms with E-state index in [0.717, 1.165) is 25.7 Å². The molecule has 7 nitrogen and oxygen atoms in total. The number of nitrogens with one attached hydrogen (secondary N) is 1. The summed E-state index contributed by atoms with van der Waals surface area (Å²) in [6, 6.07) is 11.6. The summed E-state index contributed by atoms with van der Waals surface area (Å²) in [6.07, 6.45) is 3.37. The Labute approximate surface area is 172 Å². The van der Waals surface area contributed by atoms with E-state index in [-0.39, 0.29) is 16.9 Å². The molecular formula is C20H20N2O5S2. The van der Waals surface area contributed by atoms with Crippen LogP contribution in [-0.2, 0) is 14.6 Å². The number of nitrogens with zero attached hydrogens (tertiary/aromatic N) is 1. The standard InChI is InChI=1S/C20H20N2O5S2/c1-29(24,25)16-8-9-17-18(11-16)28-20(21-17)22-19(23)13-4-6-14(7-5-13)27-12-15-3-2-10-26-15/h4-9,11,15H,2-3,10,12H2,1H3,(H,21,22,23)/t15-/m1/s1. The number of anilines is 1. The molecule has 1 aliphatic heterocycles. The van der Waals surface area contributed by atoms with Gasteiger partial charge in [0.05, 0.1) is 21.2 Å². The third-order valence-electron chi connectivity index (χ3n) is 4.58. The van der Waals surface area contributed by atoms with E-state index >= 15 is 0 Å². The molecule has 1 amide bonds. The lowest BCUT2D eigenvalue weighted by Crippen LogP contribution is -2.16. The van der Waals surface area contributed by atoms with Gasteiger partial charge in [-0.05, 0) is 55.3 Å². The minimum absolute atomic E-state index is 0.139. The lowest BCUT2D eigenvalue weighted by atomic mass is 10.2. The van der Waals surface area contributed by atoms with Crippen LogP contribution in [0, 0.1) is 0 Å². The largest absolute Gasteiger partial charge is 0.491 e. The van der Waals surface area contributed by atoms with Crippen LogP contribution in [0.3, 0.4) is 0 Å². The fourth-order valence-electron chi connectivity index (χ4n) is 3.03. The fraction of sp³-hybridized carbons (Fsp3) is 0.300. The first-order valence-corrected chi connectivity index (χ1v) is 11.9. The maximum atomic E-state index is 12.5. The smallest absolute Gasteiger partial charge is 0.257 e. The van der Waals surface area contributed by atoms with Crippen molar-refractivity contribution in [2.75, 3.05) is 24.8 Å². The quantitative estimate of drug-likeness (QED) is 0.641. The van der Waals surface area contributed by atoms with Crippen LogP contribution in [0.1, 0.15) is 23.2 Å². The first-order chi connectivity index (χ1) is 13.9. The number of benzene rings is 2. The highest BCUT2D eigenvalue weighted by Gasteiger charge is 2.16. The zero-order valence-electron chi connectivity index (χ0n) is 15.8. The molecule has 0 aliphatic carbocycles. The van der Waals surface area contributed by atoms with Crippen molar-refractivity contribution in [3.05, 3.63) is 48.0 Å². The Hall–Kier alpha value is -2.49. The Morgan fingerprint density at radius 3 is 2.76 bits per heavy atom. The van der Waals surface area contributed by atoms with Crippen LogP contribution < -0.4 is 10.1 Å². The van der Waals surface area contributed by atoms with Crippen molar-refractivity contribution in [1.29, 1.82) is 0 Å². The van der Waals surface area contributed by atoms with Crippen LogP contribution in [0.15, 0.2) is 47.4 Å². The minimum Gasteiger partial charge on any atom is -0.491 e. The number of rotatable bonds is 6. The summed E-state index contributed by atoms with van der Waals surface area (Å²) in [5.41, 5.74) is 1.11. The highest BCUT2D eigenvalue weighted by atomic mass is 32.2. The third-order valence-corrected chi connectivity index (χ3v) is 6.63. The Bertz CT molecular complexity index is 1130. The lowest BCUT2D eigenvalue weighted by molar-refractivity contribution is 0.0679. The number of amides is 1. The predicted molar refractivity (Wildman–Crippen MR) is 112 cm³/mol. The maximum Gasteiger partial charge on any atom is 0.257 e. The summed E-state index contributed by atoms with van der Waals surface area (Å²) in [7, 11) is -3.29. The zero-order chi connectivity index (χ0) is 20.4. The Balaban J connectivity index is 1.41. The number of sulfone groups is 1. The average Bonchev–Trinajstić information content (AvgIpc) is 3.34. The van der Waals surface area contributed by atoms with Crippen LogP contribution in [0.5, 0.6) is 5.75 Å². The molecule has 2 heterocycles. The molecular weight excluding hydrogens is 412 g/mol. The van der Waals surface area contributed by atoms with Gasteiger partial charge in [-0.3, -0.25) is 10.1 Å². The van der Waals surface area contributed by atoms with E-state index in [1.54, 1.807) is 36.4 Å². The molecule has 9 heteroatoms. The van der Waals surface area contributed by atoms with Gasteiger partial charge >= 0.3 is 0 Å². The lowest BCUT2D eigenvalue weighted by Gasteiger charge is -2.11. The number of hydrogen-bond acceptors (Lipinski definition) is 7. The van der Waals surface area contributed by atoms with Crippen LogP contribution >= 0.6 is 11.3 Å². The van der Waals surface area contributed by atoms with Crippen molar-refractivity contribution in [2.24, 2.45) is 0 Å². The summed E-state index contributed by atoms with van der Waals surface area (Å²) in [5, 5.41) is 3.17. The van der Waals surface area contributed by atoms with Crippen LogP contribution in [0.25, 0.3) is 10.2 Å². The number of ether oxygens (including phenoxy) is 2. The highest BCUT2D eigenvalue weighted by Crippen LogP contribution is 2.28. The maximum absolute atomic E-state index is 12.5. The number of hydrogen-bond donors (Lipinski definition) is 1. The second kappa shape index (κ2) is 8.10. The van der Waals surface area contributed by atoms with Gasteiger partial charge in [0, 0.05) is 18.4 Å². The minimum atomic E-state index is -3.29. The van der Waals surface area contributed by atoms with E-state index in [9.17, 15) is 13.2 Å². The summed E-state index contributed by atoms with van der Waals surface area (Å²) >= 11 is 1.23. The molecule has 152 valence electrons. The molecule has 0 saturated carbocycles. The van der Waals surface area contributed by atoms with Gasteiger partial charge in [-0.1, -0.05) is 11.3 Å². The van der Waals surface area contributed by atoms with Gasteiger partial charge in [0.25, 0.3) is 5.91 Å². The SMILES string of the molecule is CS(=O)(=O)c1ccc2nc(NC(=O)c3ccc(OC[C@H]4CCCO4)cc3)sc2c1. The molecule has 1 N–H and O–H groups in total. The molecule has 2 aromatic carbocycles. The van der Waals surface area contributed by atoms with Crippen LogP contribution in [0.2, 0.25) is 0 Å². The number of carbonyl (C=O) groups excluding carboxylic acids is 1. The Kier molecular flexibility index (Phi) is 5.53. The van der Waals surface area contributed by atoms with Crippen molar-refractivity contribution in [3.8, 4) is 5.75 Å². The van der Waals surface area contributed by atoms with E-state index < -0.39 is 9.84 Å². The Morgan fingerprint density at radius 2 is 2.07 bits per heavy atom. The molecule has 1 saturated heterocycles. The van der Waals surface area contributed by atoms with E-state index in [1.807, 2.05) is 0 Å². The topological polar surface area (TPSA) is 94.6 Å². The first kappa shape index (κ1) is 19.8. The van der Waals surface area contributed by atoms with E-state index in [1.165, 1.54) is 17.4 Å². The first-order valence-electron chi connectivity index (χ1n) is 9.15. The summed E-state index contributed by atoms with van der Waals surface area (Å²) in [6.45, 7) is 1.29. The number of aromatic nitrogens is 1. The van der Waals surface area contributed by atoms with Gasteiger partial charge in [0.1, 0.15) is 12.4 Å². The fourth-order valence-corrected chi connectivity index (χ4v) is 4.65. The van der Waals surface area contributed by atoms with Gasteiger partial charge in [-0.15, -0.1) is 0 Å². The van der Waals surface area contributed by atoms with E-state index in [4.69, 9.17) is 9.47 Å². The van der Waals surface area contributed by atoms with E-state index in [2.05, 4.69) is 10.3 Å². The molecule has 0 spiro atoms. The van der Waals surface area contributed by atoms with Gasteiger partial charge in [-0.25, -0.2) is 13.4 Å². The second-order valence-electron chi connectivity index (χ2n) is 6.85. The zero-order valence-corrected chi connectivity index (χ0v) is 17.4. The Morgan fingerprint density at radius 1 is 1.28 bits per heavy atom. The number of thiazole rings is 1. The molecule has 0 unspecified atom stereocenters. The predicted octanol–water partition coefficient (Wildman–Crippen LogP) is 3.51. The van der Waals surface area contributed by atoms with Gasteiger partial charge in [0.15, 0.2) is 15.0 Å². The summed E-state index contributed by atoms with van der Waals surface area (Å²) in [4.78, 5) is 17.1. The van der Waals surface area contributed by atoms with Gasteiger partial charge in [-0.2, -0.15) is 0 Å². The molecule has 1 atom stereocenters. The molecule has 1 aliphatic rings. The van der Waals surface area contributed by atoms with Gasteiger partial charge in [0.2, 0.25) is 0 Å². The molecule has 0 bridgehead atoms. The molecule has 4 rings (SSSR count). The van der Waals surface area contributed by atoms with Crippen LogP contribution in [0.4, 0.5) is 5.13 Å². The number of fused-ring (bicyclic) bond motifs is 1. The second-order valence-corrected chi connectivity index (χ2v) is 9.89. The van der Waals surface area contributed by atoms with Crippen molar-refractivity contribution >= 4 is 42.4 Å². The summed E-state index contributed by atoms with van der Waals surface area (Å²) in [5.74, 6) is 0.392. The van der Waals surface area contributed by atoms with Crippen molar-refractivity contribution in [3.63, 3.8) is 0 Å². The molecule has 1 aromatic heterocycles. The molecule has 0 radical (unpaired) electrons. The monoisotopic (exact) mass is 432 g/mol. The summed E-state index contributed by atoms with van der Waals surface area (Å²) < 4.78 is 35.3. The molecule has 29 heavy (non-hydrogen) atoms. The number of carbonyl (C=O) groups is 1. The van der Waals surface area contributed by atoms with Crippen molar-refractivity contribution < 1.29 is 22.7 Å². The average molecular weight is 433 g/mol.